The summed E-state index contributed by atoms with van der Waals surface area (Å²) in [6.07, 6.45) is 14.6. The van der Waals surface area contributed by atoms with Gasteiger partial charge < -0.3 is 21.7 Å². The summed E-state index contributed by atoms with van der Waals surface area (Å²) >= 11 is 0. The van der Waals surface area contributed by atoms with Gasteiger partial charge in [-0.2, -0.15) is 0 Å². The number of aliphatic hydroxyl groups excluding tert-OH is 2. The number of hydrogen-bond donors (Lipinski definition) is 4. The Morgan fingerprint density at radius 3 is 1.55 bits per heavy atom. The molecule has 0 aromatic carbocycles. The first-order valence-corrected chi connectivity index (χ1v) is 9.45. The van der Waals surface area contributed by atoms with Crippen molar-refractivity contribution in [3.63, 3.8) is 0 Å². The van der Waals surface area contributed by atoms with E-state index >= 15 is 0 Å². The normalized spacial score (nSPS) is 15.7. The molecule has 0 heterocycles. The molecule has 0 aromatic rings. The summed E-state index contributed by atoms with van der Waals surface area (Å²) in [6.45, 7) is 2.46. The fourth-order valence-electron chi connectivity index (χ4n) is 2.79. The van der Waals surface area contributed by atoms with Crippen molar-refractivity contribution in [2.45, 2.75) is 109 Å². The highest BCUT2D eigenvalue weighted by Gasteiger charge is 2.21. The molecule has 0 saturated heterocycles. The predicted octanol–water partition coefficient (Wildman–Crippen LogP) is 3.09. The standard InChI is InChI=1S/C18H40N2O2/c1-2-3-4-5-6-7-8-9-10-11-12-13-14-17(21)18(22)16(20)15-19/h16-18,21-22H,2-15,19-20H2,1H3/t16-,17+,18+/m0/s1. The SMILES string of the molecule is CCCCCCCCCCCCCC[C@@H](O)[C@H](O)[C@@H](N)CN. The van der Waals surface area contributed by atoms with E-state index in [1.165, 1.54) is 64.2 Å². The number of hydrogen-bond acceptors (Lipinski definition) is 4. The van der Waals surface area contributed by atoms with Gasteiger partial charge in [0, 0.05) is 12.6 Å². The third-order valence-corrected chi connectivity index (χ3v) is 4.46. The van der Waals surface area contributed by atoms with Crippen molar-refractivity contribution in [2.75, 3.05) is 6.54 Å². The zero-order valence-corrected chi connectivity index (χ0v) is 14.7. The zero-order valence-electron chi connectivity index (χ0n) is 14.7. The molecule has 0 saturated carbocycles. The summed E-state index contributed by atoms with van der Waals surface area (Å²) in [4.78, 5) is 0. The first-order valence-electron chi connectivity index (χ1n) is 9.45. The van der Waals surface area contributed by atoms with Gasteiger partial charge in [-0.1, -0.05) is 84.0 Å². The largest absolute Gasteiger partial charge is 0.390 e. The Hall–Kier alpha value is -0.160. The average molecular weight is 317 g/mol. The summed E-state index contributed by atoms with van der Waals surface area (Å²) < 4.78 is 0. The van der Waals surface area contributed by atoms with Crippen LogP contribution in [-0.4, -0.2) is 35.0 Å². The molecule has 0 radical (unpaired) electrons. The number of aliphatic hydroxyl groups is 2. The van der Waals surface area contributed by atoms with Gasteiger partial charge in [-0.05, 0) is 6.42 Å². The molecule has 22 heavy (non-hydrogen) atoms. The minimum absolute atomic E-state index is 0.205. The predicted molar refractivity (Wildman–Crippen MR) is 94.7 cm³/mol. The second-order valence-corrected chi connectivity index (χ2v) is 6.64. The van der Waals surface area contributed by atoms with E-state index < -0.39 is 18.2 Å². The van der Waals surface area contributed by atoms with Crippen LogP contribution in [0, 0.1) is 0 Å². The lowest BCUT2D eigenvalue weighted by Gasteiger charge is -2.22. The van der Waals surface area contributed by atoms with Crippen LogP contribution in [0.15, 0.2) is 0 Å². The highest BCUT2D eigenvalue weighted by molar-refractivity contribution is 4.79. The maximum absolute atomic E-state index is 9.80. The first kappa shape index (κ1) is 21.8. The fraction of sp³-hybridized carbons (Fsp3) is 1.00. The fourth-order valence-corrected chi connectivity index (χ4v) is 2.79. The van der Waals surface area contributed by atoms with E-state index in [0.29, 0.717) is 6.42 Å². The topological polar surface area (TPSA) is 92.5 Å². The number of unbranched alkanes of at least 4 members (excludes halogenated alkanes) is 11. The molecule has 3 atom stereocenters. The van der Waals surface area contributed by atoms with E-state index in [1.54, 1.807) is 0 Å². The molecule has 0 rings (SSSR count). The molecule has 0 aliphatic rings. The van der Waals surface area contributed by atoms with Gasteiger partial charge in [0.25, 0.3) is 0 Å². The van der Waals surface area contributed by atoms with Gasteiger partial charge in [0.1, 0.15) is 0 Å². The summed E-state index contributed by atoms with van der Waals surface area (Å²) in [7, 11) is 0. The molecule has 0 bridgehead atoms. The molecule has 134 valence electrons. The molecule has 0 amide bonds. The first-order chi connectivity index (χ1) is 10.6. The van der Waals surface area contributed by atoms with Crippen LogP contribution < -0.4 is 11.5 Å². The maximum Gasteiger partial charge on any atom is 0.0961 e. The van der Waals surface area contributed by atoms with Crippen LogP contribution in [-0.2, 0) is 0 Å². The Bertz CT molecular complexity index is 227. The van der Waals surface area contributed by atoms with Gasteiger partial charge in [0.15, 0.2) is 0 Å². The van der Waals surface area contributed by atoms with Crippen LogP contribution in [0.1, 0.15) is 90.4 Å². The maximum atomic E-state index is 9.80. The van der Waals surface area contributed by atoms with Crippen LogP contribution in [0.5, 0.6) is 0 Å². The number of rotatable bonds is 16. The number of nitrogens with two attached hydrogens (primary N) is 2. The van der Waals surface area contributed by atoms with Gasteiger partial charge in [-0.3, -0.25) is 0 Å². The smallest absolute Gasteiger partial charge is 0.0961 e. The minimum atomic E-state index is -0.891. The van der Waals surface area contributed by atoms with Crippen LogP contribution in [0.2, 0.25) is 0 Å². The van der Waals surface area contributed by atoms with Gasteiger partial charge in [-0.25, -0.2) is 0 Å². The Labute approximate surface area is 137 Å². The molecule has 6 N–H and O–H groups in total. The lowest BCUT2D eigenvalue weighted by atomic mass is 9.99. The Morgan fingerprint density at radius 1 is 0.727 bits per heavy atom. The van der Waals surface area contributed by atoms with E-state index in [1.807, 2.05) is 0 Å². The van der Waals surface area contributed by atoms with Crippen molar-refractivity contribution in [3.05, 3.63) is 0 Å². The van der Waals surface area contributed by atoms with Crippen molar-refractivity contribution in [3.8, 4) is 0 Å². The Morgan fingerprint density at radius 2 is 1.14 bits per heavy atom. The lowest BCUT2D eigenvalue weighted by molar-refractivity contribution is 0.0000425. The molecule has 0 aliphatic carbocycles. The van der Waals surface area contributed by atoms with Gasteiger partial charge >= 0.3 is 0 Å². The monoisotopic (exact) mass is 316 g/mol. The van der Waals surface area contributed by atoms with E-state index in [9.17, 15) is 10.2 Å². The summed E-state index contributed by atoms with van der Waals surface area (Å²) in [6, 6.07) is -0.521. The van der Waals surface area contributed by atoms with Crippen LogP contribution >= 0.6 is 0 Å². The van der Waals surface area contributed by atoms with Gasteiger partial charge in [0.05, 0.1) is 12.2 Å². The average Bonchev–Trinajstić information content (AvgIpc) is 2.54. The van der Waals surface area contributed by atoms with Crippen molar-refractivity contribution < 1.29 is 10.2 Å². The summed E-state index contributed by atoms with van der Waals surface area (Å²) in [5, 5.41) is 19.5. The highest BCUT2D eigenvalue weighted by Crippen LogP contribution is 2.14. The van der Waals surface area contributed by atoms with Crippen molar-refractivity contribution in [2.24, 2.45) is 11.5 Å². The van der Waals surface area contributed by atoms with Crippen LogP contribution in [0.25, 0.3) is 0 Å². The summed E-state index contributed by atoms with van der Waals surface area (Å²) in [5.41, 5.74) is 11.0. The second kappa shape index (κ2) is 15.7. The second-order valence-electron chi connectivity index (χ2n) is 6.64. The minimum Gasteiger partial charge on any atom is -0.390 e. The molecule has 0 aromatic heterocycles. The van der Waals surface area contributed by atoms with E-state index in [2.05, 4.69) is 6.92 Å². The van der Waals surface area contributed by atoms with Crippen molar-refractivity contribution in [1.29, 1.82) is 0 Å². The Kier molecular flexibility index (Phi) is 15.6. The Balaban J connectivity index is 3.26. The van der Waals surface area contributed by atoms with Gasteiger partial charge in [0.2, 0.25) is 0 Å². The molecule has 4 nitrogen and oxygen atoms in total. The molecular weight excluding hydrogens is 276 g/mol. The zero-order chi connectivity index (χ0) is 16.6. The van der Waals surface area contributed by atoms with Gasteiger partial charge in [-0.15, -0.1) is 0 Å². The summed E-state index contributed by atoms with van der Waals surface area (Å²) in [5.74, 6) is 0. The van der Waals surface area contributed by atoms with Crippen molar-refractivity contribution >= 4 is 0 Å². The van der Waals surface area contributed by atoms with Crippen LogP contribution in [0.3, 0.4) is 0 Å². The third kappa shape index (κ3) is 12.4. The van der Waals surface area contributed by atoms with Crippen LogP contribution in [0.4, 0.5) is 0 Å². The van der Waals surface area contributed by atoms with Crippen molar-refractivity contribution in [1.82, 2.24) is 0 Å². The molecule has 0 unspecified atom stereocenters. The van der Waals surface area contributed by atoms with E-state index in [4.69, 9.17) is 11.5 Å². The highest BCUT2D eigenvalue weighted by atomic mass is 16.3. The molecule has 4 heteroatoms. The molecular formula is C18H40N2O2. The quantitative estimate of drug-likeness (QED) is 0.329. The molecule has 0 fully saturated rings. The molecule has 0 spiro atoms. The molecule has 0 aliphatic heterocycles. The van der Waals surface area contributed by atoms with E-state index in [0.717, 1.165) is 12.8 Å². The lowest BCUT2D eigenvalue weighted by Crippen LogP contribution is -2.47. The van der Waals surface area contributed by atoms with E-state index in [-0.39, 0.29) is 6.54 Å². The third-order valence-electron chi connectivity index (χ3n) is 4.46.